The summed E-state index contributed by atoms with van der Waals surface area (Å²) in [7, 11) is 1.65. The van der Waals surface area contributed by atoms with Gasteiger partial charge >= 0.3 is 6.09 Å². The minimum absolute atomic E-state index is 0.294. The number of carbonyl (C=O) groups excluding carboxylic acids is 1. The largest absolute Gasteiger partial charge is 0.443 e. The molecule has 0 saturated carbocycles. The first kappa shape index (κ1) is 18.1. The number of hydrogen-bond acceptors (Lipinski definition) is 7. The molecule has 0 atom stereocenters. The van der Waals surface area contributed by atoms with E-state index >= 15 is 0 Å². The Morgan fingerprint density at radius 2 is 1.74 bits per heavy atom. The molecule has 0 aromatic carbocycles. The molecule has 0 aromatic heterocycles. The minimum Gasteiger partial charge on any atom is -0.443 e. The van der Waals surface area contributed by atoms with Gasteiger partial charge in [0.1, 0.15) is 5.60 Å². The van der Waals surface area contributed by atoms with Crippen LogP contribution >= 0.6 is 0 Å². The standard InChI is InChI=1S/C10H20N2O4.CH6N2/c1-10(2,3)16-9(13)12(11)8-6-14-4-5-15-7-8;1-3-2/h8H,4-7,11H2,1-3H3;3H,2H2,1H3. The summed E-state index contributed by atoms with van der Waals surface area (Å²) in [5.41, 5.74) is 1.70. The van der Waals surface area contributed by atoms with Gasteiger partial charge in [0.15, 0.2) is 0 Å². The Hall–Kier alpha value is -0.930. The predicted octanol–water partition coefficient (Wildman–Crippen LogP) is -0.408. The molecular weight excluding hydrogens is 252 g/mol. The van der Waals surface area contributed by atoms with Crippen molar-refractivity contribution in [3.63, 3.8) is 0 Å². The Kier molecular flexibility index (Phi) is 8.61. The number of ether oxygens (including phenoxy) is 3. The zero-order valence-electron chi connectivity index (χ0n) is 12.1. The molecule has 0 radical (unpaired) electrons. The van der Waals surface area contributed by atoms with Crippen LogP contribution in [-0.2, 0) is 14.2 Å². The molecule has 1 heterocycles. The predicted molar refractivity (Wildman–Crippen MR) is 70.9 cm³/mol. The summed E-state index contributed by atoms with van der Waals surface area (Å²) in [6.45, 7) is 7.17. The second kappa shape index (κ2) is 9.05. The van der Waals surface area contributed by atoms with Gasteiger partial charge in [0.25, 0.3) is 0 Å². The van der Waals surface area contributed by atoms with Gasteiger partial charge in [-0.1, -0.05) is 0 Å². The molecular formula is C11H26N4O4. The zero-order chi connectivity index (χ0) is 14.9. The molecule has 8 heteroatoms. The minimum atomic E-state index is -0.563. The molecule has 0 aliphatic carbocycles. The number of carbonyl (C=O) groups is 1. The van der Waals surface area contributed by atoms with Crippen LogP contribution in [0, 0.1) is 0 Å². The number of rotatable bonds is 1. The highest BCUT2D eigenvalue weighted by Crippen LogP contribution is 2.10. The highest BCUT2D eigenvalue weighted by atomic mass is 16.6. The normalized spacial score (nSPS) is 16.9. The summed E-state index contributed by atoms with van der Waals surface area (Å²) in [6, 6.07) is -0.294. The Morgan fingerprint density at radius 3 is 2.11 bits per heavy atom. The molecule has 19 heavy (non-hydrogen) atoms. The quantitative estimate of drug-likeness (QED) is 0.339. The maximum Gasteiger partial charge on any atom is 0.425 e. The van der Waals surface area contributed by atoms with Gasteiger partial charge in [-0.25, -0.2) is 15.6 Å². The molecule has 1 aliphatic heterocycles. The fourth-order valence-electron chi connectivity index (χ4n) is 1.23. The van der Waals surface area contributed by atoms with Gasteiger partial charge in [-0.05, 0) is 27.8 Å². The van der Waals surface area contributed by atoms with Crippen LogP contribution in [0.1, 0.15) is 20.8 Å². The lowest BCUT2D eigenvalue weighted by Crippen LogP contribution is -2.51. The van der Waals surface area contributed by atoms with E-state index in [4.69, 9.17) is 20.1 Å². The van der Waals surface area contributed by atoms with E-state index in [-0.39, 0.29) is 6.04 Å². The van der Waals surface area contributed by atoms with Crippen LogP contribution in [0.2, 0.25) is 0 Å². The zero-order valence-corrected chi connectivity index (χ0v) is 12.1. The number of nitrogens with one attached hydrogen (secondary N) is 1. The summed E-state index contributed by atoms with van der Waals surface area (Å²) in [6.07, 6.45) is -0.563. The molecule has 114 valence electrons. The maximum absolute atomic E-state index is 11.6. The van der Waals surface area contributed by atoms with Crippen molar-refractivity contribution in [2.75, 3.05) is 33.5 Å². The molecule has 1 fully saturated rings. The third-order valence-corrected chi connectivity index (χ3v) is 1.99. The lowest BCUT2D eigenvalue weighted by molar-refractivity contribution is -0.000181. The van der Waals surface area contributed by atoms with Crippen molar-refractivity contribution in [3.8, 4) is 0 Å². The summed E-state index contributed by atoms with van der Waals surface area (Å²) < 4.78 is 15.7. The first-order valence-corrected chi connectivity index (χ1v) is 6.11. The highest BCUT2D eigenvalue weighted by Gasteiger charge is 2.27. The number of amides is 1. The first-order valence-electron chi connectivity index (χ1n) is 6.11. The van der Waals surface area contributed by atoms with E-state index in [1.165, 1.54) is 0 Å². The number of nitrogens with two attached hydrogens (primary N) is 2. The molecule has 0 spiro atoms. The van der Waals surface area contributed by atoms with Gasteiger partial charge in [-0.15, -0.1) is 0 Å². The second-order valence-electron chi connectivity index (χ2n) is 4.98. The average molecular weight is 278 g/mol. The Labute approximate surface area is 114 Å². The van der Waals surface area contributed by atoms with Gasteiger partial charge < -0.3 is 14.2 Å². The maximum atomic E-state index is 11.6. The molecule has 0 bridgehead atoms. The van der Waals surface area contributed by atoms with Crippen molar-refractivity contribution in [3.05, 3.63) is 0 Å². The van der Waals surface area contributed by atoms with E-state index in [1.807, 2.05) is 0 Å². The number of hydrogen-bond donors (Lipinski definition) is 3. The first-order chi connectivity index (χ1) is 8.81. The van der Waals surface area contributed by atoms with Gasteiger partial charge in [0.2, 0.25) is 0 Å². The highest BCUT2D eigenvalue weighted by molar-refractivity contribution is 5.67. The Bertz CT molecular complexity index is 250. The molecule has 1 rings (SSSR count). The van der Waals surface area contributed by atoms with Crippen LogP contribution in [-0.4, -0.2) is 56.2 Å². The number of nitrogens with zero attached hydrogens (tertiary/aromatic N) is 1. The SMILES string of the molecule is CC(C)(C)OC(=O)N(N)C1COCCOC1.CNN. The summed E-state index contributed by atoms with van der Waals surface area (Å²) >= 11 is 0. The van der Waals surface area contributed by atoms with Crippen LogP contribution in [0.15, 0.2) is 0 Å². The van der Waals surface area contributed by atoms with Crippen molar-refractivity contribution in [2.24, 2.45) is 11.7 Å². The van der Waals surface area contributed by atoms with Gasteiger partial charge in [0, 0.05) is 0 Å². The fourth-order valence-corrected chi connectivity index (χ4v) is 1.23. The van der Waals surface area contributed by atoms with Crippen molar-refractivity contribution in [1.29, 1.82) is 0 Å². The lowest BCUT2D eigenvalue weighted by atomic mass is 10.2. The van der Waals surface area contributed by atoms with Crippen molar-refractivity contribution < 1.29 is 19.0 Å². The van der Waals surface area contributed by atoms with E-state index in [0.29, 0.717) is 26.4 Å². The molecule has 1 saturated heterocycles. The van der Waals surface area contributed by atoms with Crippen LogP contribution in [0.25, 0.3) is 0 Å². The summed E-state index contributed by atoms with van der Waals surface area (Å²) in [5.74, 6) is 10.3. The van der Waals surface area contributed by atoms with Crippen LogP contribution in [0.3, 0.4) is 0 Å². The molecule has 5 N–H and O–H groups in total. The van der Waals surface area contributed by atoms with Gasteiger partial charge in [-0.2, -0.15) is 0 Å². The van der Waals surface area contributed by atoms with Crippen molar-refractivity contribution in [2.45, 2.75) is 32.4 Å². The van der Waals surface area contributed by atoms with Crippen LogP contribution in [0.4, 0.5) is 4.79 Å². The summed E-state index contributed by atoms with van der Waals surface area (Å²) in [5, 5.41) is 1.04. The summed E-state index contributed by atoms with van der Waals surface area (Å²) in [4.78, 5) is 11.6. The van der Waals surface area contributed by atoms with Crippen LogP contribution in [0.5, 0.6) is 0 Å². The smallest absolute Gasteiger partial charge is 0.425 e. The van der Waals surface area contributed by atoms with E-state index < -0.39 is 11.7 Å². The van der Waals surface area contributed by atoms with Crippen molar-refractivity contribution in [1.82, 2.24) is 10.4 Å². The van der Waals surface area contributed by atoms with Crippen LogP contribution < -0.4 is 17.1 Å². The lowest BCUT2D eigenvalue weighted by Gasteiger charge is -2.28. The van der Waals surface area contributed by atoms with Crippen molar-refractivity contribution >= 4 is 6.09 Å². The molecule has 8 nitrogen and oxygen atoms in total. The molecule has 1 aliphatic rings. The fraction of sp³-hybridized carbons (Fsp3) is 0.909. The van der Waals surface area contributed by atoms with E-state index in [9.17, 15) is 4.79 Å². The second-order valence-corrected chi connectivity index (χ2v) is 4.98. The van der Waals surface area contributed by atoms with E-state index in [2.05, 4.69) is 11.3 Å². The Balaban J connectivity index is 0.000000982. The molecule has 0 unspecified atom stereocenters. The Morgan fingerprint density at radius 1 is 1.32 bits per heavy atom. The molecule has 1 amide bonds. The van der Waals surface area contributed by atoms with Gasteiger partial charge in [0.05, 0.1) is 32.5 Å². The van der Waals surface area contributed by atoms with E-state index in [0.717, 1.165) is 5.01 Å². The average Bonchev–Trinajstić information content (AvgIpc) is 2.55. The molecule has 0 aromatic rings. The van der Waals surface area contributed by atoms with Gasteiger partial charge in [-0.3, -0.25) is 11.3 Å². The number of hydrazine groups is 2. The third-order valence-electron chi connectivity index (χ3n) is 1.99. The topological polar surface area (TPSA) is 112 Å². The van der Waals surface area contributed by atoms with E-state index in [1.54, 1.807) is 27.8 Å². The monoisotopic (exact) mass is 278 g/mol. The third kappa shape index (κ3) is 8.73.